The minimum atomic E-state index is -0.921. The van der Waals surface area contributed by atoms with Crippen LogP contribution in [0.3, 0.4) is 0 Å². The van der Waals surface area contributed by atoms with Crippen molar-refractivity contribution in [2.75, 3.05) is 13.2 Å². The van der Waals surface area contributed by atoms with Crippen LogP contribution >= 0.6 is 15.9 Å². The Morgan fingerprint density at radius 3 is 2.95 bits per heavy atom. The minimum Gasteiger partial charge on any atom is -0.478 e. The molecule has 1 aromatic heterocycles. The molecule has 2 aromatic rings. The molecule has 1 saturated heterocycles. The Bertz CT molecular complexity index is 650. The van der Waals surface area contributed by atoms with E-state index in [1.165, 1.54) is 0 Å². The van der Waals surface area contributed by atoms with Crippen molar-refractivity contribution >= 4 is 32.8 Å². The van der Waals surface area contributed by atoms with Gasteiger partial charge >= 0.3 is 5.97 Å². The highest BCUT2D eigenvalue weighted by Crippen LogP contribution is 2.29. The summed E-state index contributed by atoms with van der Waals surface area (Å²) < 4.78 is 6.24. The van der Waals surface area contributed by atoms with Crippen molar-refractivity contribution in [3.63, 3.8) is 0 Å². The molecule has 1 aromatic carbocycles. The van der Waals surface area contributed by atoms with Crippen LogP contribution in [0, 0.1) is 0 Å². The van der Waals surface area contributed by atoms with Crippen molar-refractivity contribution < 1.29 is 14.6 Å². The number of halogens is 1. The highest BCUT2D eigenvalue weighted by molar-refractivity contribution is 9.10. The van der Waals surface area contributed by atoms with Gasteiger partial charge in [-0.2, -0.15) is 0 Å². The highest BCUT2D eigenvalue weighted by Gasteiger charge is 2.22. The first-order chi connectivity index (χ1) is 9.15. The topological polar surface area (TPSA) is 59.4 Å². The van der Waals surface area contributed by atoms with Gasteiger partial charge in [0.05, 0.1) is 17.7 Å². The molecule has 1 atom stereocenters. The zero-order valence-electron chi connectivity index (χ0n) is 10.1. The summed E-state index contributed by atoms with van der Waals surface area (Å²) in [5.41, 5.74) is 1.82. The van der Waals surface area contributed by atoms with Crippen molar-refractivity contribution in [3.05, 3.63) is 40.0 Å². The van der Waals surface area contributed by atoms with E-state index in [1.54, 1.807) is 12.1 Å². The third kappa shape index (κ3) is 2.35. The van der Waals surface area contributed by atoms with Gasteiger partial charge in [-0.05, 0) is 24.6 Å². The maximum atomic E-state index is 11.4. The number of fused-ring (bicyclic) bond motifs is 1. The lowest BCUT2D eigenvalue weighted by Gasteiger charge is -2.11. The molecule has 3 rings (SSSR count). The number of hydrogen-bond acceptors (Lipinski definition) is 3. The summed E-state index contributed by atoms with van der Waals surface area (Å²) in [4.78, 5) is 16.0. The quantitative estimate of drug-likeness (QED) is 0.922. The third-order valence-electron chi connectivity index (χ3n) is 3.37. The summed E-state index contributed by atoms with van der Waals surface area (Å²) in [5, 5.41) is 10.0. The van der Waals surface area contributed by atoms with Crippen LogP contribution in [0.5, 0.6) is 0 Å². The van der Waals surface area contributed by atoms with Gasteiger partial charge in [0.2, 0.25) is 0 Å². The molecular formula is C14H12BrNO3. The molecule has 98 valence electrons. The fourth-order valence-electron chi connectivity index (χ4n) is 2.38. The maximum absolute atomic E-state index is 11.4. The predicted octanol–water partition coefficient (Wildman–Crippen LogP) is 3.20. The van der Waals surface area contributed by atoms with Crippen molar-refractivity contribution in [3.8, 4) is 0 Å². The van der Waals surface area contributed by atoms with Crippen LogP contribution in [0.15, 0.2) is 28.7 Å². The van der Waals surface area contributed by atoms with E-state index in [-0.39, 0.29) is 5.92 Å². The summed E-state index contributed by atoms with van der Waals surface area (Å²) in [7, 11) is 0. The predicted molar refractivity (Wildman–Crippen MR) is 74.6 cm³/mol. The normalized spacial score (nSPS) is 18.9. The fourth-order valence-corrected chi connectivity index (χ4v) is 2.72. The van der Waals surface area contributed by atoms with E-state index < -0.39 is 5.97 Å². The molecule has 1 unspecified atom stereocenters. The van der Waals surface area contributed by atoms with E-state index in [0.717, 1.165) is 16.6 Å². The Morgan fingerprint density at radius 1 is 1.42 bits per heavy atom. The van der Waals surface area contributed by atoms with Gasteiger partial charge in [-0.3, -0.25) is 4.98 Å². The zero-order chi connectivity index (χ0) is 13.4. The Morgan fingerprint density at radius 2 is 2.26 bits per heavy atom. The maximum Gasteiger partial charge on any atom is 0.336 e. The van der Waals surface area contributed by atoms with E-state index in [9.17, 15) is 9.90 Å². The Balaban J connectivity index is 2.21. The van der Waals surface area contributed by atoms with E-state index in [2.05, 4.69) is 20.9 Å². The first-order valence-corrected chi connectivity index (χ1v) is 6.85. The minimum absolute atomic E-state index is 0.196. The van der Waals surface area contributed by atoms with E-state index >= 15 is 0 Å². The van der Waals surface area contributed by atoms with Crippen molar-refractivity contribution in [1.82, 2.24) is 4.98 Å². The third-order valence-corrected chi connectivity index (χ3v) is 3.86. The SMILES string of the molecule is O=C(O)c1cc(C2CCOC2)nc2cc(Br)ccc12. The van der Waals surface area contributed by atoms with E-state index in [4.69, 9.17) is 4.74 Å². The number of carbonyl (C=O) groups is 1. The number of carboxylic acid groups (broad SMARTS) is 1. The molecule has 4 nitrogen and oxygen atoms in total. The Hall–Kier alpha value is -1.46. The summed E-state index contributed by atoms with van der Waals surface area (Å²) in [6.07, 6.45) is 0.894. The molecule has 1 aliphatic rings. The van der Waals surface area contributed by atoms with Gasteiger partial charge in [-0.25, -0.2) is 4.79 Å². The molecule has 1 N–H and O–H groups in total. The average molecular weight is 322 g/mol. The molecule has 19 heavy (non-hydrogen) atoms. The van der Waals surface area contributed by atoms with Crippen LogP contribution in [0.2, 0.25) is 0 Å². The molecule has 0 spiro atoms. The molecule has 2 heterocycles. The lowest BCUT2D eigenvalue weighted by atomic mass is 10.00. The number of rotatable bonds is 2. The zero-order valence-corrected chi connectivity index (χ0v) is 11.7. The number of nitrogens with zero attached hydrogens (tertiary/aromatic N) is 1. The van der Waals surface area contributed by atoms with E-state index in [0.29, 0.717) is 29.7 Å². The first kappa shape index (κ1) is 12.6. The van der Waals surface area contributed by atoms with Gasteiger partial charge in [-0.15, -0.1) is 0 Å². The fraction of sp³-hybridized carbons (Fsp3) is 0.286. The van der Waals surface area contributed by atoms with Crippen molar-refractivity contribution in [2.24, 2.45) is 0 Å². The molecule has 0 aliphatic carbocycles. The number of pyridine rings is 1. The standard InChI is InChI=1S/C14H12BrNO3/c15-9-1-2-10-11(14(17)18)6-12(16-13(10)5-9)8-3-4-19-7-8/h1-2,5-6,8H,3-4,7H2,(H,17,18). The van der Waals surface area contributed by atoms with Crippen LogP contribution in [-0.4, -0.2) is 29.3 Å². The van der Waals surface area contributed by atoms with Crippen molar-refractivity contribution in [1.29, 1.82) is 0 Å². The van der Waals surface area contributed by atoms with Crippen LogP contribution in [0.1, 0.15) is 28.4 Å². The lowest BCUT2D eigenvalue weighted by molar-refractivity contribution is 0.0698. The molecule has 0 saturated carbocycles. The van der Waals surface area contributed by atoms with Crippen LogP contribution < -0.4 is 0 Å². The summed E-state index contributed by atoms with van der Waals surface area (Å²) in [6.45, 7) is 1.33. The van der Waals surface area contributed by atoms with Crippen LogP contribution in [0.25, 0.3) is 10.9 Å². The van der Waals surface area contributed by atoms with Gasteiger partial charge < -0.3 is 9.84 Å². The van der Waals surface area contributed by atoms with Gasteiger partial charge in [-0.1, -0.05) is 22.0 Å². The average Bonchev–Trinajstić information content (AvgIpc) is 2.90. The molecule has 0 radical (unpaired) electrons. The first-order valence-electron chi connectivity index (χ1n) is 6.06. The smallest absolute Gasteiger partial charge is 0.336 e. The Labute approximate surface area is 118 Å². The number of carboxylic acids is 1. The highest BCUT2D eigenvalue weighted by atomic mass is 79.9. The van der Waals surface area contributed by atoms with Crippen molar-refractivity contribution in [2.45, 2.75) is 12.3 Å². The number of benzene rings is 1. The number of hydrogen-bond donors (Lipinski definition) is 1. The molecule has 1 fully saturated rings. The molecular weight excluding hydrogens is 310 g/mol. The molecule has 1 aliphatic heterocycles. The second kappa shape index (κ2) is 4.90. The second-order valence-electron chi connectivity index (χ2n) is 4.62. The van der Waals surface area contributed by atoms with Gasteiger partial charge in [0.15, 0.2) is 0 Å². The summed E-state index contributed by atoms with van der Waals surface area (Å²) >= 11 is 3.39. The molecule has 0 amide bonds. The molecule has 5 heteroatoms. The van der Waals surface area contributed by atoms with Gasteiger partial charge in [0, 0.05) is 28.1 Å². The number of aromatic carboxylic acids is 1. The van der Waals surface area contributed by atoms with Gasteiger partial charge in [0.25, 0.3) is 0 Å². The van der Waals surface area contributed by atoms with Crippen LogP contribution in [0.4, 0.5) is 0 Å². The van der Waals surface area contributed by atoms with Crippen LogP contribution in [-0.2, 0) is 4.74 Å². The Kier molecular flexibility index (Phi) is 3.24. The summed E-state index contributed by atoms with van der Waals surface area (Å²) in [6, 6.07) is 7.14. The van der Waals surface area contributed by atoms with Gasteiger partial charge in [0.1, 0.15) is 0 Å². The number of ether oxygens (including phenoxy) is 1. The van der Waals surface area contributed by atoms with E-state index in [1.807, 2.05) is 12.1 Å². The lowest BCUT2D eigenvalue weighted by Crippen LogP contribution is -2.06. The largest absolute Gasteiger partial charge is 0.478 e. The second-order valence-corrected chi connectivity index (χ2v) is 5.54. The monoisotopic (exact) mass is 321 g/mol. The number of aromatic nitrogens is 1. The molecule has 0 bridgehead atoms. The summed E-state index contributed by atoms with van der Waals surface area (Å²) in [5.74, 6) is -0.726.